The van der Waals surface area contributed by atoms with Crippen molar-refractivity contribution in [2.75, 3.05) is 0 Å². The molecule has 278 valence electrons. The summed E-state index contributed by atoms with van der Waals surface area (Å²) >= 11 is 1.90. The number of fused-ring (bicyclic) bond motifs is 12. The Morgan fingerprint density at radius 3 is 1.58 bits per heavy atom. The minimum Gasteiger partial charge on any atom is -0.455 e. The zero-order valence-electron chi connectivity index (χ0n) is 32.4. The van der Waals surface area contributed by atoms with Crippen LogP contribution < -0.4 is 0 Å². The number of para-hydroxylation sites is 1. The van der Waals surface area contributed by atoms with Gasteiger partial charge in [0.15, 0.2) is 0 Å². The fraction of sp³-hybridized carbons (Fsp3) is 0. The van der Waals surface area contributed by atoms with Crippen molar-refractivity contribution in [3.8, 4) is 44.5 Å². The van der Waals surface area contributed by atoms with Gasteiger partial charge in [-0.1, -0.05) is 176 Å². The molecule has 0 N–H and O–H groups in total. The highest BCUT2D eigenvalue weighted by atomic mass is 32.1. The quantitative estimate of drug-likeness (QED) is 0.162. The van der Waals surface area contributed by atoms with Crippen LogP contribution in [0.1, 0.15) is 0 Å². The maximum Gasteiger partial charge on any atom is 0.143 e. The molecule has 0 aliphatic heterocycles. The van der Waals surface area contributed by atoms with Gasteiger partial charge in [0, 0.05) is 36.3 Å². The Kier molecular flexibility index (Phi) is 7.24. The Morgan fingerprint density at radius 2 is 0.850 bits per heavy atom. The number of benzene rings is 11. The van der Waals surface area contributed by atoms with Crippen molar-refractivity contribution >= 4 is 96.5 Å². The highest BCUT2D eigenvalue weighted by Gasteiger charge is 2.22. The maximum absolute atomic E-state index is 6.73. The van der Waals surface area contributed by atoms with Crippen LogP contribution in [0.25, 0.3) is 130 Å². The van der Waals surface area contributed by atoms with E-state index in [2.05, 4.69) is 206 Å². The number of furan rings is 1. The van der Waals surface area contributed by atoms with Crippen molar-refractivity contribution in [1.29, 1.82) is 0 Å². The van der Waals surface area contributed by atoms with Crippen LogP contribution in [-0.4, -0.2) is 0 Å². The highest BCUT2D eigenvalue weighted by molar-refractivity contribution is 7.26. The molecule has 13 aromatic rings. The Balaban J connectivity index is 1.18. The van der Waals surface area contributed by atoms with Gasteiger partial charge in [-0.25, -0.2) is 0 Å². The Labute approximate surface area is 350 Å². The molecular formula is C58H34OS. The van der Waals surface area contributed by atoms with E-state index in [0.29, 0.717) is 0 Å². The minimum absolute atomic E-state index is 0.903. The van der Waals surface area contributed by atoms with E-state index in [-0.39, 0.29) is 0 Å². The van der Waals surface area contributed by atoms with Gasteiger partial charge >= 0.3 is 0 Å². The second-order valence-corrected chi connectivity index (χ2v) is 16.9. The van der Waals surface area contributed by atoms with Gasteiger partial charge in [0.1, 0.15) is 11.2 Å². The van der Waals surface area contributed by atoms with Crippen LogP contribution in [0.5, 0.6) is 0 Å². The van der Waals surface area contributed by atoms with Crippen molar-refractivity contribution in [3.05, 3.63) is 206 Å². The molecule has 1 nitrogen and oxygen atoms in total. The van der Waals surface area contributed by atoms with Gasteiger partial charge in [-0.15, -0.1) is 11.3 Å². The number of hydrogen-bond donors (Lipinski definition) is 0. The average molecular weight is 779 g/mol. The van der Waals surface area contributed by atoms with E-state index in [1.54, 1.807) is 0 Å². The maximum atomic E-state index is 6.73. The van der Waals surface area contributed by atoms with Crippen molar-refractivity contribution in [2.24, 2.45) is 0 Å². The fourth-order valence-corrected chi connectivity index (χ4v) is 11.2. The van der Waals surface area contributed by atoms with E-state index in [0.717, 1.165) is 32.7 Å². The first-order valence-electron chi connectivity index (χ1n) is 20.6. The number of rotatable bonds is 4. The van der Waals surface area contributed by atoms with Crippen LogP contribution in [0.15, 0.2) is 211 Å². The van der Waals surface area contributed by atoms with Crippen LogP contribution in [-0.2, 0) is 0 Å². The van der Waals surface area contributed by atoms with Crippen molar-refractivity contribution in [2.45, 2.75) is 0 Å². The lowest BCUT2D eigenvalue weighted by molar-refractivity contribution is 0.673. The van der Waals surface area contributed by atoms with Crippen LogP contribution in [0.4, 0.5) is 0 Å². The van der Waals surface area contributed by atoms with Crippen LogP contribution in [0.2, 0.25) is 0 Å². The van der Waals surface area contributed by atoms with Crippen LogP contribution >= 0.6 is 11.3 Å². The second kappa shape index (κ2) is 13.0. The van der Waals surface area contributed by atoms with Gasteiger partial charge in [-0.3, -0.25) is 0 Å². The highest BCUT2D eigenvalue weighted by Crippen LogP contribution is 2.50. The minimum atomic E-state index is 0.903. The van der Waals surface area contributed by atoms with Gasteiger partial charge in [-0.2, -0.15) is 0 Å². The molecule has 0 bridgehead atoms. The molecule has 0 fully saturated rings. The van der Waals surface area contributed by atoms with Gasteiger partial charge < -0.3 is 4.42 Å². The van der Waals surface area contributed by atoms with Crippen LogP contribution in [0, 0.1) is 0 Å². The molecule has 0 saturated heterocycles. The first-order chi connectivity index (χ1) is 29.8. The van der Waals surface area contributed by atoms with Crippen molar-refractivity contribution in [1.82, 2.24) is 0 Å². The van der Waals surface area contributed by atoms with Crippen molar-refractivity contribution in [3.63, 3.8) is 0 Å². The van der Waals surface area contributed by atoms with Gasteiger partial charge in [0.2, 0.25) is 0 Å². The molecule has 2 heterocycles. The van der Waals surface area contributed by atoms with E-state index in [4.69, 9.17) is 4.42 Å². The fourth-order valence-electron chi connectivity index (χ4n) is 9.95. The SMILES string of the molecule is c1ccc(-c2ccc(-c3c4cccc(-c5cc6ccccc6c6oc7ccccc7c56)c4cc4c(-c5cc6ccccc6c6sc7ccccc7c56)cccc34)cc2)cc1. The van der Waals surface area contributed by atoms with Gasteiger partial charge in [0.05, 0.1) is 0 Å². The summed E-state index contributed by atoms with van der Waals surface area (Å²) in [5.41, 5.74) is 11.6. The lowest BCUT2D eigenvalue weighted by atomic mass is 9.84. The first-order valence-corrected chi connectivity index (χ1v) is 21.4. The molecule has 0 atom stereocenters. The molecule has 0 spiro atoms. The van der Waals surface area contributed by atoms with E-state index < -0.39 is 0 Å². The molecule has 13 rings (SSSR count). The molecular weight excluding hydrogens is 745 g/mol. The summed E-state index contributed by atoms with van der Waals surface area (Å²) in [6.07, 6.45) is 0. The summed E-state index contributed by atoms with van der Waals surface area (Å²) in [5, 5.41) is 14.7. The number of hydrogen-bond acceptors (Lipinski definition) is 2. The standard InChI is InChI=1S/C58H34OS/c1-2-14-35(15-3-1)36-28-30-37(31-29-36)54-44-24-12-22-42(50-32-38-16-4-6-18-40(38)57-55(50)46-20-8-10-26-52(46)59-57)48(44)34-49-43(23-13-25-45(49)54)51-33-39-17-5-7-19-41(39)58-56(51)47-21-9-11-27-53(47)60-58/h1-34H. The molecule has 2 aromatic heterocycles. The second-order valence-electron chi connectivity index (χ2n) is 15.9. The summed E-state index contributed by atoms with van der Waals surface area (Å²) < 4.78 is 9.38. The molecule has 11 aromatic carbocycles. The van der Waals surface area contributed by atoms with E-state index in [9.17, 15) is 0 Å². The third-order valence-corrected chi connectivity index (χ3v) is 13.8. The Hall–Kier alpha value is -7.52. The Bertz CT molecular complexity index is 3660. The normalized spacial score (nSPS) is 12.0. The predicted molar refractivity (Wildman–Crippen MR) is 258 cm³/mol. The molecule has 2 heteroatoms. The van der Waals surface area contributed by atoms with Gasteiger partial charge in [-0.05, 0) is 113 Å². The lowest BCUT2D eigenvalue weighted by Gasteiger charge is -2.19. The van der Waals surface area contributed by atoms with E-state index in [1.165, 1.54) is 97.0 Å². The third kappa shape index (κ3) is 4.92. The Morgan fingerprint density at radius 1 is 0.317 bits per heavy atom. The summed E-state index contributed by atoms with van der Waals surface area (Å²) in [7, 11) is 0. The van der Waals surface area contributed by atoms with Gasteiger partial charge in [0.25, 0.3) is 0 Å². The van der Waals surface area contributed by atoms with E-state index in [1.807, 2.05) is 11.3 Å². The van der Waals surface area contributed by atoms with Crippen LogP contribution in [0.3, 0.4) is 0 Å². The molecule has 0 aliphatic carbocycles. The molecule has 0 unspecified atom stereocenters. The predicted octanol–water partition coefficient (Wildman–Crippen LogP) is 17.2. The molecule has 60 heavy (non-hydrogen) atoms. The molecule has 0 aliphatic rings. The molecule has 0 amide bonds. The molecule has 0 radical (unpaired) electrons. The molecule has 0 saturated carbocycles. The summed E-state index contributed by atoms with van der Waals surface area (Å²) in [4.78, 5) is 0. The summed E-state index contributed by atoms with van der Waals surface area (Å²) in [6.45, 7) is 0. The number of thiophene rings is 1. The summed E-state index contributed by atoms with van der Waals surface area (Å²) in [5.74, 6) is 0. The lowest BCUT2D eigenvalue weighted by Crippen LogP contribution is -1.92. The zero-order chi connectivity index (χ0) is 39.3. The smallest absolute Gasteiger partial charge is 0.143 e. The topological polar surface area (TPSA) is 13.1 Å². The first kappa shape index (κ1) is 33.5. The largest absolute Gasteiger partial charge is 0.455 e. The zero-order valence-corrected chi connectivity index (χ0v) is 33.3. The van der Waals surface area contributed by atoms with Crippen molar-refractivity contribution < 1.29 is 4.42 Å². The average Bonchev–Trinajstić information content (AvgIpc) is 3.91. The van der Waals surface area contributed by atoms with E-state index >= 15 is 0 Å². The third-order valence-electron chi connectivity index (χ3n) is 12.6. The summed E-state index contributed by atoms with van der Waals surface area (Å²) in [6, 6.07) is 75.8. The monoisotopic (exact) mass is 778 g/mol.